The van der Waals surface area contributed by atoms with E-state index in [0.29, 0.717) is 24.3 Å². The molecule has 2 rings (SSSR count). The van der Waals surface area contributed by atoms with Crippen molar-refractivity contribution in [3.63, 3.8) is 0 Å². The molecule has 0 spiro atoms. The molecule has 5 heteroatoms. The van der Waals surface area contributed by atoms with Crippen LogP contribution in [0.1, 0.15) is 23.6 Å². The van der Waals surface area contributed by atoms with Crippen molar-refractivity contribution in [1.82, 2.24) is 5.32 Å². The molecule has 1 aliphatic rings. The molecule has 1 fully saturated rings. The maximum Gasteiger partial charge on any atom is 0.307 e. The number of carboxylic acid groups (broad SMARTS) is 1. The first-order valence-corrected chi connectivity index (χ1v) is 5.83. The van der Waals surface area contributed by atoms with E-state index in [1.807, 2.05) is 6.92 Å². The molecule has 4 nitrogen and oxygen atoms in total. The fourth-order valence-electron chi connectivity index (χ4n) is 2.42. The van der Waals surface area contributed by atoms with Gasteiger partial charge in [0.05, 0.1) is 13.0 Å². The molecule has 1 saturated heterocycles. The molecule has 0 radical (unpaired) electrons. The molecule has 1 heterocycles. The Morgan fingerprint density at radius 3 is 2.83 bits per heavy atom. The van der Waals surface area contributed by atoms with E-state index in [9.17, 15) is 9.18 Å². The smallest absolute Gasteiger partial charge is 0.307 e. The molecule has 0 bridgehead atoms. The van der Waals surface area contributed by atoms with Gasteiger partial charge in [0.2, 0.25) is 0 Å². The SMILES string of the molecule is COc1c(C)ccc(F)c1C1CC(C(=O)O)CN1. The van der Waals surface area contributed by atoms with Crippen molar-refractivity contribution in [3.05, 3.63) is 29.1 Å². The van der Waals surface area contributed by atoms with Crippen LogP contribution in [-0.2, 0) is 4.79 Å². The van der Waals surface area contributed by atoms with Crippen LogP contribution in [0.4, 0.5) is 4.39 Å². The van der Waals surface area contributed by atoms with Crippen LogP contribution in [0.15, 0.2) is 12.1 Å². The fraction of sp³-hybridized carbons (Fsp3) is 0.462. The maximum absolute atomic E-state index is 13.9. The van der Waals surface area contributed by atoms with E-state index in [2.05, 4.69) is 5.32 Å². The predicted octanol–water partition coefficient (Wildman–Crippen LogP) is 1.88. The molecule has 1 aromatic rings. The second-order valence-electron chi connectivity index (χ2n) is 4.54. The van der Waals surface area contributed by atoms with E-state index in [1.165, 1.54) is 13.2 Å². The lowest BCUT2D eigenvalue weighted by atomic mass is 9.97. The van der Waals surface area contributed by atoms with Gasteiger partial charge in [0, 0.05) is 18.2 Å². The Hall–Kier alpha value is -1.62. The Labute approximate surface area is 105 Å². The lowest BCUT2D eigenvalue weighted by Crippen LogP contribution is -2.18. The van der Waals surface area contributed by atoms with Gasteiger partial charge >= 0.3 is 5.97 Å². The number of hydrogen-bond acceptors (Lipinski definition) is 3. The Balaban J connectivity index is 2.34. The van der Waals surface area contributed by atoms with Gasteiger partial charge in [0.25, 0.3) is 0 Å². The highest BCUT2D eigenvalue weighted by atomic mass is 19.1. The van der Waals surface area contributed by atoms with Crippen LogP contribution in [0, 0.1) is 18.7 Å². The van der Waals surface area contributed by atoms with Crippen LogP contribution in [-0.4, -0.2) is 24.7 Å². The monoisotopic (exact) mass is 253 g/mol. The van der Waals surface area contributed by atoms with Gasteiger partial charge in [0.1, 0.15) is 11.6 Å². The minimum atomic E-state index is -0.850. The average Bonchev–Trinajstić information content (AvgIpc) is 2.81. The molecular weight excluding hydrogens is 237 g/mol. The largest absolute Gasteiger partial charge is 0.496 e. The third-order valence-corrected chi connectivity index (χ3v) is 3.37. The number of carboxylic acids is 1. The molecular formula is C13H16FNO3. The number of aryl methyl sites for hydroxylation is 1. The zero-order valence-corrected chi connectivity index (χ0v) is 10.4. The number of ether oxygens (including phenoxy) is 1. The summed E-state index contributed by atoms with van der Waals surface area (Å²) in [4.78, 5) is 10.9. The first kappa shape index (κ1) is 12.8. The minimum Gasteiger partial charge on any atom is -0.496 e. The summed E-state index contributed by atoms with van der Waals surface area (Å²) in [6.45, 7) is 2.20. The molecule has 1 aliphatic heterocycles. The van der Waals surface area contributed by atoms with Gasteiger partial charge in [-0.2, -0.15) is 0 Å². The van der Waals surface area contributed by atoms with Crippen molar-refractivity contribution in [3.8, 4) is 5.75 Å². The number of carbonyl (C=O) groups is 1. The lowest BCUT2D eigenvalue weighted by Gasteiger charge is -2.17. The number of rotatable bonds is 3. The normalized spacial score (nSPS) is 23.1. The number of aliphatic carboxylic acids is 1. The van der Waals surface area contributed by atoms with E-state index in [0.717, 1.165) is 5.56 Å². The topological polar surface area (TPSA) is 58.6 Å². The summed E-state index contributed by atoms with van der Waals surface area (Å²) in [6, 6.07) is 2.74. The molecule has 0 aromatic heterocycles. The Bertz CT molecular complexity index is 476. The highest BCUT2D eigenvalue weighted by molar-refractivity contribution is 5.71. The van der Waals surface area contributed by atoms with Gasteiger partial charge in [-0.15, -0.1) is 0 Å². The van der Waals surface area contributed by atoms with Gasteiger partial charge in [-0.1, -0.05) is 6.07 Å². The lowest BCUT2D eigenvalue weighted by molar-refractivity contribution is -0.141. The number of hydrogen-bond donors (Lipinski definition) is 2. The molecule has 0 saturated carbocycles. The van der Waals surface area contributed by atoms with Crippen molar-refractivity contribution in [1.29, 1.82) is 0 Å². The molecule has 18 heavy (non-hydrogen) atoms. The second-order valence-corrected chi connectivity index (χ2v) is 4.54. The quantitative estimate of drug-likeness (QED) is 0.863. The molecule has 1 aromatic carbocycles. The fourth-order valence-corrected chi connectivity index (χ4v) is 2.42. The van der Waals surface area contributed by atoms with Gasteiger partial charge in [0.15, 0.2) is 0 Å². The Morgan fingerprint density at radius 1 is 1.56 bits per heavy atom. The van der Waals surface area contributed by atoms with Crippen molar-refractivity contribution < 1.29 is 19.0 Å². The average molecular weight is 253 g/mol. The third-order valence-electron chi connectivity index (χ3n) is 3.37. The first-order chi connectivity index (χ1) is 8.54. The van der Waals surface area contributed by atoms with E-state index in [-0.39, 0.29) is 11.9 Å². The number of benzene rings is 1. The summed E-state index contributed by atoms with van der Waals surface area (Å²) in [5.41, 5.74) is 1.27. The van der Waals surface area contributed by atoms with E-state index < -0.39 is 11.9 Å². The number of halogens is 1. The van der Waals surface area contributed by atoms with Crippen LogP contribution >= 0.6 is 0 Å². The third kappa shape index (κ3) is 2.18. The molecule has 0 aliphatic carbocycles. The van der Waals surface area contributed by atoms with Crippen molar-refractivity contribution in [2.75, 3.05) is 13.7 Å². The Morgan fingerprint density at radius 2 is 2.28 bits per heavy atom. The van der Waals surface area contributed by atoms with Crippen molar-refractivity contribution in [2.45, 2.75) is 19.4 Å². The van der Waals surface area contributed by atoms with Crippen LogP contribution in [0.3, 0.4) is 0 Å². The van der Waals surface area contributed by atoms with E-state index in [4.69, 9.17) is 9.84 Å². The van der Waals surface area contributed by atoms with Crippen LogP contribution in [0.2, 0.25) is 0 Å². The Kier molecular flexibility index (Phi) is 3.52. The highest BCUT2D eigenvalue weighted by Gasteiger charge is 2.33. The van der Waals surface area contributed by atoms with Crippen LogP contribution in [0.25, 0.3) is 0 Å². The van der Waals surface area contributed by atoms with Crippen LogP contribution in [0.5, 0.6) is 5.75 Å². The standard InChI is InChI=1S/C13H16FNO3/c1-7-3-4-9(14)11(12(7)18-2)10-5-8(6-15-10)13(16)17/h3-4,8,10,15H,5-6H2,1-2H3,(H,16,17). The summed E-state index contributed by atoms with van der Waals surface area (Å²) >= 11 is 0. The van der Waals surface area contributed by atoms with Crippen molar-refractivity contribution in [2.24, 2.45) is 5.92 Å². The molecule has 2 unspecified atom stereocenters. The highest BCUT2D eigenvalue weighted by Crippen LogP contribution is 2.36. The number of nitrogens with one attached hydrogen (secondary N) is 1. The molecule has 2 atom stereocenters. The number of methoxy groups -OCH3 is 1. The van der Waals surface area contributed by atoms with E-state index in [1.54, 1.807) is 6.07 Å². The zero-order valence-electron chi connectivity index (χ0n) is 10.4. The molecule has 0 amide bonds. The minimum absolute atomic E-state index is 0.305. The van der Waals surface area contributed by atoms with Crippen LogP contribution < -0.4 is 10.1 Å². The summed E-state index contributed by atoms with van der Waals surface area (Å²) in [5, 5.41) is 12.0. The summed E-state index contributed by atoms with van der Waals surface area (Å²) in [5.74, 6) is -1.18. The molecule has 2 N–H and O–H groups in total. The van der Waals surface area contributed by atoms with Gasteiger partial charge < -0.3 is 15.2 Å². The maximum atomic E-state index is 13.9. The predicted molar refractivity (Wildman–Crippen MR) is 64.2 cm³/mol. The van der Waals surface area contributed by atoms with E-state index >= 15 is 0 Å². The van der Waals surface area contributed by atoms with Crippen molar-refractivity contribution >= 4 is 5.97 Å². The zero-order chi connectivity index (χ0) is 13.3. The first-order valence-electron chi connectivity index (χ1n) is 5.83. The second kappa shape index (κ2) is 4.94. The summed E-state index contributed by atoms with van der Waals surface area (Å²) < 4.78 is 19.2. The van der Waals surface area contributed by atoms with Gasteiger partial charge in [-0.3, -0.25) is 4.79 Å². The van der Waals surface area contributed by atoms with Gasteiger partial charge in [-0.25, -0.2) is 4.39 Å². The van der Waals surface area contributed by atoms with Gasteiger partial charge in [-0.05, 0) is 25.0 Å². The molecule has 98 valence electrons. The summed E-state index contributed by atoms with van der Waals surface area (Å²) in [7, 11) is 1.49. The summed E-state index contributed by atoms with van der Waals surface area (Å²) in [6.07, 6.45) is 0.381.